The van der Waals surface area contributed by atoms with E-state index in [4.69, 9.17) is 5.26 Å². The fraction of sp³-hybridized carbons (Fsp3) is 0.556. The van der Waals surface area contributed by atoms with Gasteiger partial charge in [-0.15, -0.1) is 0 Å². The summed E-state index contributed by atoms with van der Waals surface area (Å²) in [5, 5.41) is 12.6. The van der Waals surface area contributed by atoms with E-state index in [1.807, 2.05) is 6.07 Å². The lowest BCUT2D eigenvalue weighted by atomic mass is 10.2. The van der Waals surface area contributed by atoms with Crippen LogP contribution in [0.2, 0.25) is 0 Å². The standard InChI is InChI=1S/C9H14N4O2S/c1-8(6-10)7-12(2)16(14,15)9-4-5-11-13(9)3/h4-5,8H,7H2,1-3H3. The largest absolute Gasteiger partial charge is 0.259 e. The Kier molecular flexibility index (Phi) is 3.67. The molecule has 7 heteroatoms. The molecule has 0 N–H and O–H groups in total. The summed E-state index contributed by atoms with van der Waals surface area (Å²) < 4.78 is 26.5. The summed E-state index contributed by atoms with van der Waals surface area (Å²) in [7, 11) is -0.530. The summed E-state index contributed by atoms with van der Waals surface area (Å²) in [5.41, 5.74) is 0. The molecule has 88 valence electrons. The zero-order valence-electron chi connectivity index (χ0n) is 9.45. The minimum atomic E-state index is -3.55. The number of aromatic nitrogens is 2. The molecule has 16 heavy (non-hydrogen) atoms. The van der Waals surface area contributed by atoms with Crippen molar-refractivity contribution in [3.63, 3.8) is 0 Å². The predicted molar refractivity (Wildman–Crippen MR) is 57.8 cm³/mol. The first-order valence-corrected chi connectivity index (χ1v) is 6.17. The average molecular weight is 242 g/mol. The van der Waals surface area contributed by atoms with Gasteiger partial charge in [0.2, 0.25) is 0 Å². The van der Waals surface area contributed by atoms with Gasteiger partial charge in [-0.1, -0.05) is 0 Å². The van der Waals surface area contributed by atoms with Crippen molar-refractivity contribution in [1.82, 2.24) is 14.1 Å². The maximum Gasteiger partial charge on any atom is 0.259 e. The normalized spacial score (nSPS) is 13.7. The second-order valence-corrected chi connectivity index (χ2v) is 5.60. The van der Waals surface area contributed by atoms with E-state index in [0.717, 1.165) is 4.31 Å². The molecule has 0 fully saturated rings. The fourth-order valence-electron chi connectivity index (χ4n) is 1.30. The van der Waals surface area contributed by atoms with Gasteiger partial charge in [0.1, 0.15) is 0 Å². The number of sulfonamides is 1. The van der Waals surface area contributed by atoms with Gasteiger partial charge in [0.25, 0.3) is 10.0 Å². The number of hydrogen-bond donors (Lipinski definition) is 0. The van der Waals surface area contributed by atoms with Crippen LogP contribution >= 0.6 is 0 Å². The van der Waals surface area contributed by atoms with E-state index < -0.39 is 10.0 Å². The van der Waals surface area contributed by atoms with E-state index in [1.54, 1.807) is 14.0 Å². The molecular formula is C9H14N4O2S. The molecule has 0 radical (unpaired) electrons. The summed E-state index contributed by atoms with van der Waals surface area (Å²) in [4.78, 5) is 0. The molecule has 0 bridgehead atoms. The van der Waals surface area contributed by atoms with Gasteiger partial charge in [0.15, 0.2) is 5.03 Å². The maximum absolute atomic E-state index is 12.0. The highest BCUT2D eigenvalue weighted by atomic mass is 32.2. The molecule has 1 aromatic rings. The molecule has 1 heterocycles. The molecule has 0 amide bonds. The predicted octanol–water partition coefficient (Wildman–Crippen LogP) is 0.200. The van der Waals surface area contributed by atoms with Crippen LogP contribution in [0.5, 0.6) is 0 Å². The molecule has 0 aliphatic heterocycles. The summed E-state index contributed by atoms with van der Waals surface area (Å²) >= 11 is 0. The average Bonchev–Trinajstić information content (AvgIpc) is 2.64. The molecule has 6 nitrogen and oxygen atoms in total. The van der Waals surface area contributed by atoms with Gasteiger partial charge in [-0.3, -0.25) is 4.68 Å². The molecule has 1 unspecified atom stereocenters. The van der Waals surface area contributed by atoms with Crippen LogP contribution in [-0.4, -0.2) is 36.1 Å². The van der Waals surface area contributed by atoms with Gasteiger partial charge in [-0.05, 0) is 13.0 Å². The Hall–Kier alpha value is -1.39. The molecule has 0 aliphatic rings. The summed E-state index contributed by atoms with van der Waals surface area (Å²) in [5.74, 6) is -0.340. The zero-order valence-corrected chi connectivity index (χ0v) is 10.3. The Morgan fingerprint density at radius 3 is 2.75 bits per heavy atom. The monoisotopic (exact) mass is 242 g/mol. The van der Waals surface area contributed by atoms with Gasteiger partial charge in [0.05, 0.1) is 18.2 Å². The number of hydrogen-bond acceptors (Lipinski definition) is 4. The second-order valence-electron chi connectivity index (χ2n) is 3.61. The molecule has 1 atom stereocenters. The van der Waals surface area contributed by atoms with E-state index in [1.165, 1.54) is 24.0 Å². The van der Waals surface area contributed by atoms with E-state index >= 15 is 0 Å². The third-order valence-electron chi connectivity index (χ3n) is 2.20. The van der Waals surface area contributed by atoms with Crippen molar-refractivity contribution in [2.75, 3.05) is 13.6 Å². The lowest BCUT2D eigenvalue weighted by Gasteiger charge is -2.17. The van der Waals surface area contributed by atoms with Crippen LogP contribution in [0, 0.1) is 17.2 Å². The summed E-state index contributed by atoms with van der Waals surface area (Å²) in [6.45, 7) is 1.85. The van der Waals surface area contributed by atoms with Crippen molar-refractivity contribution >= 4 is 10.0 Å². The Morgan fingerprint density at radius 1 is 1.69 bits per heavy atom. The van der Waals surface area contributed by atoms with E-state index in [0.29, 0.717) is 0 Å². The lowest BCUT2D eigenvalue weighted by Crippen LogP contribution is -2.32. The third-order valence-corrected chi connectivity index (χ3v) is 4.10. The first-order valence-electron chi connectivity index (χ1n) is 4.73. The van der Waals surface area contributed by atoms with Crippen LogP contribution in [0.25, 0.3) is 0 Å². The quantitative estimate of drug-likeness (QED) is 0.755. The molecule has 0 saturated carbocycles. The van der Waals surface area contributed by atoms with Gasteiger partial charge in [0, 0.05) is 20.6 Å². The third kappa shape index (κ3) is 2.40. The summed E-state index contributed by atoms with van der Waals surface area (Å²) in [6, 6.07) is 3.43. The van der Waals surface area contributed by atoms with Crippen molar-refractivity contribution in [2.24, 2.45) is 13.0 Å². The van der Waals surface area contributed by atoms with Crippen molar-refractivity contribution in [2.45, 2.75) is 11.9 Å². The molecule has 0 aliphatic carbocycles. The number of rotatable bonds is 4. The number of nitrogens with zero attached hydrogens (tertiary/aromatic N) is 4. The lowest BCUT2D eigenvalue weighted by molar-refractivity contribution is 0.432. The molecule has 0 spiro atoms. The van der Waals surface area contributed by atoms with Crippen LogP contribution in [0.1, 0.15) is 6.92 Å². The van der Waals surface area contributed by atoms with E-state index in [9.17, 15) is 8.42 Å². The van der Waals surface area contributed by atoms with E-state index in [2.05, 4.69) is 5.10 Å². The van der Waals surface area contributed by atoms with Crippen molar-refractivity contribution in [3.05, 3.63) is 12.3 Å². The minimum absolute atomic E-state index is 0.125. The van der Waals surface area contributed by atoms with Crippen molar-refractivity contribution in [1.29, 1.82) is 5.26 Å². The molecule has 0 aromatic carbocycles. The van der Waals surface area contributed by atoms with Crippen LogP contribution in [0.3, 0.4) is 0 Å². The Morgan fingerprint density at radius 2 is 2.31 bits per heavy atom. The topological polar surface area (TPSA) is 79.0 Å². The molecule has 1 aromatic heterocycles. The van der Waals surface area contributed by atoms with E-state index in [-0.39, 0.29) is 17.5 Å². The highest BCUT2D eigenvalue weighted by Gasteiger charge is 2.24. The Bertz CT molecular complexity index is 500. The van der Waals surface area contributed by atoms with Crippen LogP contribution in [-0.2, 0) is 17.1 Å². The fourth-order valence-corrected chi connectivity index (χ4v) is 2.65. The zero-order chi connectivity index (χ0) is 12.3. The Balaban J connectivity index is 2.96. The van der Waals surface area contributed by atoms with Crippen LogP contribution in [0.15, 0.2) is 17.3 Å². The SMILES string of the molecule is CC(C#N)CN(C)S(=O)(=O)c1ccnn1C. The minimum Gasteiger partial charge on any atom is -0.256 e. The summed E-state index contributed by atoms with van der Waals surface area (Å²) in [6.07, 6.45) is 1.43. The maximum atomic E-state index is 12.0. The van der Waals surface area contributed by atoms with Crippen molar-refractivity contribution < 1.29 is 8.42 Å². The second kappa shape index (κ2) is 4.63. The van der Waals surface area contributed by atoms with Crippen molar-refractivity contribution in [3.8, 4) is 6.07 Å². The Labute approximate surface area is 95.1 Å². The van der Waals surface area contributed by atoms with Crippen LogP contribution in [0.4, 0.5) is 0 Å². The molecule has 1 rings (SSSR count). The van der Waals surface area contributed by atoms with Gasteiger partial charge in [-0.2, -0.15) is 14.7 Å². The molecular weight excluding hydrogens is 228 g/mol. The van der Waals surface area contributed by atoms with Gasteiger partial charge < -0.3 is 0 Å². The molecule has 0 saturated heterocycles. The first kappa shape index (κ1) is 12.7. The van der Waals surface area contributed by atoms with Gasteiger partial charge in [-0.25, -0.2) is 8.42 Å². The number of aryl methyl sites for hydroxylation is 1. The highest BCUT2D eigenvalue weighted by Crippen LogP contribution is 2.13. The first-order chi connectivity index (χ1) is 7.39. The van der Waals surface area contributed by atoms with Crippen LogP contribution < -0.4 is 0 Å². The smallest absolute Gasteiger partial charge is 0.256 e. The number of nitriles is 1. The highest BCUT2D eigenvalue weighted by molar-refractivity contribution is 7.89. The van der Waals surface area contributed by atoms with Gasteiger partial charge >= 0.3 is 0 Å².